The molecule has 3 N–H and O–H groups in total. The minimum absolute atomic E-state index is 0.101. The molecule has 2 aromatic rings. The molecule has 0 radical (unpaired) electrons. The molecule has 0 atom stereocenters. The highest BCUT2D eigenvalue weighted by Gasteiger charge is 2.11. The Morgan fingerprint density at radius 2 is 2.18 bits per heavy atom. The number of aromatic nitrogens is 1. The fourth-order valence-electron chi connectivity index (χ4n) is 1.64. The Bertz CT molecular complexity index is 576. The molecule has 0 unspecified atom stereocenters. The number of carbonyl (C=O) groups excluding carboxylic acids is 1. The van der Waals surface area contributed by atoms with Crippen LogP contribution in [0.4, 0.5) is 16.5 Å². The van der Waals surface area contributed by atoms with Crippen molar-refractivity contribution in [2.24, 2.45) is 0 Å². The molecule has 0 aliphatic rings. The molecule has 0 spiro atoms. The van der Waals surface area contributed by atoms with Gasteiger partial charge in [-0.1, -0.05) is 11.3 Å². The summed E-state index contributed by atoms with van der Waals surface area (Å²) in [5.41, 5.74) is 8.17. The number of nitrogens with one attached hydrogen (secondary N) is 1. The summed E-state index contributed by atoms with van der Waals surface area (Å²) in [5.74, 6) is -0.101. The van der Waals surface area contributed by atoms with Crippen LogP contribution < -0.4 is 16.0 Å². The Hall–Kier alpha value is -1.82. The topological polar surface area (TPSA) is 71.2 Å². The van der Waals surface area contributed by atoms with Crippen LogP contribution in [0.2, 0.25) is 0 Å². The lowest BCUT2D eigenvalue weighted by Crippen LogP contribution is -2.14. The number of anilines is 3. The maximum atomic E-state index is 11.2. The molecule has 1 heterocycles. The summed E-state index contributed by atoms with van der Waals surface area (Å²) in [5, 5.41) is 3.33. The molecule has 0 saturated carbocycles. The van der Waals surface area contributed by atoms with Crippen molar-refractivity contribution in [3.63, 3.8) is 0 Å². The first-order valence-electron chi connectivity index (χ1n) is 5.12. The number of rotatable bonds is 2. The van der Waals surface area contributed by atoms with E-state index in [0.717, 1.165) is 21.6 Å². The fraction of sp³-hybridized carbons (Fsp3) is 0.273. The van der Waals surface area contributed by atoms with Gasteiger partial charge in [-0.05, 0) is 12.1 Å². The summed E-state index contributed by atoms with van der Waals surface area (Å²) in [6.45, 7) is 1.49. The van der Waals surface area contributed by atoms with Crippen molar-refractivity contribution in [3.8, 4) is 0 Å². The molecule has 0 fully saturated rings. The highest BCUT2D eigenvalue weighted by atomic mass is 32.1. The number of amides is 1. The third-order valence-corrected chi connectivity index (χ3v) is 3.16. The van der Waals surface area contributed by atoms with Crippen LogP contribution in [0.15, 0.2) is 12.1 Å². The predicted molar refractivity (Wildman–Crippen MR) is 72.7 cm³/mol. The van der Waals surface area contributed by atoms with Crippen LogP contribution in [0.1, 0.15) is 6.92 Å². The molecule has 90 valence electrons. The second-order valence-electron chi connectivity index (χ2n) is 3.96. The van der Waals surface area contributed by atoms with E-state index in [1.54, 1.807) is 0 Å². The highest BCUT2D eigenvalue weighted by molar-refractivity contribution is 7.22. The van der Waals surface area contributed by atoms with Crippen molar-refractivity contribution in [2.45, 2.75) is 6.92 Å². The van der Waals surface area contributed by atoms with E-state index in [1.165, 1.54) is 18.3 Å². The van der Waals surface area contributed by atoms with Crippen LogP contribution in [0, 0.1) is 0 Å². The lowest BCUT2D eigenvalue weighted by Gasteiger charge is -2.17. The van der Waals surface area contributed by atoms with Gasteiger partial charge in [-0.25, -0.2) is 4.98 Å². The predicted octanol–water partition coefficient (Wildman–Crippen LogP) is 1.90. The van der Waals surface area contributed by atoms with Crippen molar-refractivity contribution in [1.29, 1.82) is 0 Å². The molecule has 17 heavy (non-hydrogen) atoms. The van der Waals surface area contributed by atoms with E-state index < -0.39 is 0 Å². The number of fused-ring (bicyclic) bond motifs is 1. The average molecular weight is 250 g/mol. The molecule has 2 rings (SSSR count). The zero-order valence-electron chi connectivity index (χ0n) is 9.94. The van der Waals surface area contributed by atoms with Gasteiger partial charge in [-0.2, -0.15) is 0 Å². The van der Waals surface area contributed by atoms with Crippen molar-refractivity contribution in [3.05, 3.63) is 12.1 Å². The second-order valence-corrected chi connectivity index (χ2v) is 5.03. The molecule has 6 heteroatoms. The fourth-order valence-corrected chi connectivity index (χ4v) is 2.39. The smallest absolute Gasteiger partial charge is 0.221 e. The molecule has 1 aromatic heterocycles. The third kappa shape index (κ3) is 2.31. The van der Waals surface area contributed by atoms with Crippen molar-refractivity contribution in [2.75, 3.05) is 30.0 Å². The van der Waals surface area contributed by atoms with Gasteiger partial charge in [0.25, 0.3) is 0 Å². The van der Waals surface area contributed by atoms with Crippen LogP contribution in [-0.2, 0) is 4.79 Å². The molecule has 0 bridgehead atoms. The van der Waals surface area contributed by atoms with Gasteiger partial charge >= 0.3 is 0 Å². The summed E-state index contributed by atoms with van der Waals surface area (Å²) in [4.78, 5) is 17.3. The van der Waals surface area contributed by atoms with Crippen molar-refractivity contribution in [1.82, 2.24) is 4.98 Å². The number of nitrogens with two attached hydrogens (primary N) is 1. The number of hydrogen-bond donors (Lipinski definition) is 2. The van der Waals surface area contributed by atoms with Crippen LogP contribution in [0.5, 0.6) is 0 Å². The van der Waals surface area contributed by atoms with E-state index in [-0.39, 0.29) is 5.91 Å². The van der Waals surface area contributed by atoms with Crippen LogP contribution in [0.3, 0.4) is 0 Å². The number of benzene rings is 1. The Morgan fingerprint density at radius 3 is 2.76 bits per heavy atom. The van der Waals surface area contributed by atoms with E-state index in [4.69, 9.17) is 5.73 Å². The van der Waals surface area contributed by atoms with Crippen LogP contribution in [-0.4, -0.2) is 25.0 Å². The minimum atomic E-state index is -0.101. The molecule has 0 saturated heterocycles. The Kier molecular flexibility index (Phi) is 2.89. The minimum Gasteiger partial charge on any atom is -0.376 e. The molecule has 0 aliphatic heterocycles. The molecular formula is C11H14N4OS. The maximum Gasteiger partial charge on any atom is 0.221 e. The third-order valence-electron chi connectivity index (χ3n) is 2.31. The average Bonchev–Trinajstić information content (AvgIpc) is 2.54. The van der Waals surface area contributed by atoms with Gasteiger partial charge in [0.05, 0.1) is 21.6 Å². The van der Waals surface area contributed by atoms with E-state index in [2.05, 4.69) is 10.3 Å². The van der Waals surface area contributed by atoms with Crippen molar-refractivity contribution >= 4 is 44.0 Å². The first-order valence-corrected chi connectivity index (χ1v) is 5.94. The zero-order valence-corrected chi connectivity index (χ0v) is 10.8. The number of hydrogen-bond acceptors (Lipinski definition) is 5. The summed E-state index contributed by atoms with van der Waals surface area (Å²) in [6, 6.07) is 3.83. The van der Waals surface area contributed by atoms with E-state index >= 15 is 0 Å². The van der Waals surface area contributed by atoms with E-state index in [9.17, 15) is 4.79 Å². The van der Waals surface area contributed by atoms with E-state index in [1.807, 2.05) is 31.1 Å². The van der Waals surface area contributed by atoms with Gasteiger partial charge in [0.15, 0.2) is 5.13 Å². The van der Waals surface area contributed by atoms with E-state index in [0.29, 0.717) is 5.13 Å². The lowest BCUT2D eigenvalue weighted by atomic mass is 10.2. The normalized spacial score (nSPS) is 10.5. The zero-order chi connectivity index (χ0) is 12.6. The molecule has 1 amide bonds. The second kappa shape index (κ2) is 4.21. The van der Waals surface area contributed by atoms with Gasteiger partial charge in [-0.3, -0.25) is 4.79 Å². The SMILES string of the molecule is CC(=O)Nc1cc2nc(N)sc2cc1N(C)C. The monoisotopic (exact) mass is 250 g/mol. The lowest BCUT2D eigenvalue weighted by molar-refractivity contribution is -0.114. The number of nitrogens with zero attached hydrogens (tertiary/aromatic N) is 2. The van der Waals surface area contributed by atoms with Crippen molar-refractivity contribution < 1.29 is 4.79 Å². The number of nitrogen functional groups attached to an aromatic ring is 1. The number of thiazole rings is 1. The standard InChI is InChI=1S/C11H14N4OS/c1-6(16)13-7-4-8-10(17-11(12)14-8)5-9(7)15(2)3/h4-5H,1-3H3,(H2,12,14)(H,13,16). The molecule has 0 aliphatic carbocycles. The van der Waals surface area contributed by atoms with Gasteiger partial charge in [-0.15, -0.1) is 0 Å². The Balaban J connectivity index is 2.61. The Morgan fingerprint density at radius 1 is 1.47 bits per heavy atom. The van der Waals surface area contributed by atoms with Gasteiger partial charge in [0.1, 0.15) is 0 Å². The summed E-state index contributed by atoms with van der Waals surface area (Å²) in [7, 11) is 3.85. The van der Waals surface area contributed by atoms with Gasteiger partial charge in [0, 0.05) is 21.0 Å². The van der Waals surface area contributed by atoms with Crippen LogP contribution >= 0.6 is 11.3 Å². The summed E-state index contributed by atoms with van der Waals surface area (Å²) < 4.78 is 1.01. The Labute approximate surface area is 103 Å². The van der Waals surface area contributed by atoms with Gasteiger partial charge in [0.2, 0.25) is 5.91 Å². The first-order chi connectivity index (χ1) is 7.97. The summed E-state index contributed by atoms with van der Waals surface area (Å²) in [6.07, 6.45) is 0. The number of carbonyl (C=O) groups is 1. The highest BCUT2D eigenvalue weighted by Crippen LogP contribution is 2.33. The first kappa shape index (κ1) is 11.7. The maximum absolute atomic E-state index is 11.2. The van der Waals surface area contributed by atoms with Crippen LogP contribution in [0.25, 0.3) is 10.2 Å². The quantitative estimate of drug-likeness (QED) is 0.854. The largest absolute Gasteiger partial charge is 0.376 e. The van der Waals surface area contributed by atoms with Gasteiger partial charge < -0.3 is 16.0 Å². The molecule has 1 aromatic carbocycles. The molecular weight excluding hydrogens is 236 g/mol. The molecule has 5 nitrogen and oxygen atoms in total. The summed E-state index contributed by atoms with van der Waals surface area (Å²) >= 11 is 1.44.